The van der Waals surface area contributed by atoms with Crippen LogP contribution in [0.4, 0.5) is 0 Å². The van der Waals surface area contributed by atoms with Crippen LogP contribution in [-0.4, -0.2) is 76.3 Å². The van der Waals surface area contributed by atoms with Crippen LogP contribution in [0.2, 0.25) is 0 Å². The molecule has 3 aliphatic rings. The van der Waals surface area contributed by atoms with Crippen LogP contribution in [0.25, 0.3) is 0 Å². The van der Waals surface area contributed by atoms with Crippen molar-refractivity contribution in [3.8, 4) is 0 Å². The molecular weight excluding hydrogens is 486 g/mol. The normalized spacial score (nSPS) is 29.7. The number of hydrogen-bond acceptors (Lipinski definition) is 8. The maximum absolute atomic E-state index is 12.6. The maximum Gasteiger partial charge on any atom is 0.353 e. The second-order valence-electron chi connectivity index (χ2n) is 8.82. The zero-order valence-electron chi connectivity index (χ0n) is 18.5. The average Bonchev–Trinajstić information content (AvgIpc) is 3.44. The largest absolute Gasteiger partial charge is 0.477 e. The number of hydrogen-bond donors (Lipinski definition) is 6. The number of primary sulfonamides is 1. The van der Waals surface area contributed by atoms with Gasteiger partial charge in [0.1, 0.15) is 10.7 Å². The van der Waals surface area contributed by atoms with Gasteiger partial charge in [0.05, 0.1) is 30.7 Å². The number of aliphatic hydroxyl groups is 1. The van der Waals surface area contributed by atoms with E-state index in [4.69, 9.17) is 5.14 Å². The number of fused-ring (bicyclic) bond motifs is 1. The summed E-state index contributed by atoms with van der Waals surface area (Å²) in [6.07, 6.45) is -0.414. The molecule has 1 aromatic heterocycles. The third-order valence-electron chi connectivity index (χ3n) is 6.49. The molecule has 1 aromatic rings. The predicted octanol–water partition coefficient (Wildman–Crippen LogP) is -1.10. The first kappa shape index (κ1) is 24.7. The van der Waals surface area contributed by atoms with Crippen molar-refractivity contribution in [3.05, 3.63) is 28.4 Å². The van der Waals surface area contributed by atoms with Gasteiger partial charge in [-0.1, -0.05) is 6.92 Å². The van der Waals surface area contributed by atoms with Gasteiger partial charge >= 0.3 is 5.97 Å². The van der Waals surface area contributed by atoms with E-state index in [0.29, 0.717) is 23.6 Å². The number of sulfonamides is 1. The van der Waals surface area contributed by atoms with Crippen LogP contribution < -0.4 is 15.8 Å². The molecule has 2 amide bonds. The highest BCUT2D eigenvalue weighted by Gasteiger charge is 2.60. The van der Waals surface area contributed by atoms with E-state index in [1.165, 1.54) is 35.7 Å². The Morgan fingerprint density at radius 2 is 2.09 bits per heavy atom. The van der Waals surface area contributed by atoms with Crippen LogP contribution in [0.5, 0.6) is 0 Å². The zero-order valence-corrected chi connectivity index (χ0v) is 20.1. The number of rotatable bonds is 8. The van der Waals surface area contributed by atoms with E-state index in [1.54, 1.807) is 0 Å². The van der Waals surface area contributed by atoms with Crippen molar-refractivity contribution in [1.29, 1.82) is 0 Å². The van der Waals surface area contributed by atoms with Crippen molar-refractivity contribution in [3.63, 3.8) is 0 Å². The summed E-state index contributed by atoms with van der Waals surface area (Å²) in [5.74, 6) is -2.68. The second-order valence-corrected chi connectivity index (χ2v) is 11.7. The van der Waals surface area contributed by atoms with Gasteiger partial charge in [-0.15, -0.1) is 11.8 Å². The number of nitrogens with zero attached hydrogens (tertiary/aromatic N) is 1. The summed E-state index contributed by atoms with van der Waals surface area (Å²) in [6.45, 7) is 3.96. The van der Waals surface area contributed by atoms with Crippen LogP contribution in [-0.2, 0) is 31.0 Å². The van der Waals surface area contributed by atoms with E-state index < -0.39 is 34.1 Å². The molecule has 0 radical (unpaired) electrons. The topological polar surface area (TPSA) is 195 Å². The zero-order chi connectivity index (χ0) is 24.9. The highest BCUT2D eigenvalue weighted by atomic mass is 32.2. The first-order valence-corrected chi connectivity index (χ1v) is 13.2. The molecule has 0 unspecified atom stereocenters. The standard InChI is InChI=1S/C20H27N5O7S2/c1-8-15-14(9(2)26)19(28)25(15)16(20(29)30)17(8)33-11-5-12(22-7-11)18(27)23-6-10-3-4-13(24-10)34(21,31)32/h3-4,8-9,11-12,14-15,22,24,26H,5-7H2,1-2H3,(H,23,27)(H,29,30)(H2,21,31,32)/t8-,9-,11+,12+,14-,15-/m1/s1. The van der Waals surface area contributed by atoms with Crippen LogP contribution in [0.15, 0.2) is 27.8 Å². The van der Waals surface area contributed by atoms with E-state index in [1.807, 2.05) is 6.92 Å². The molecule has 4 rings (SSSR count). The first-order valence-electron chi connectivity index (χ1n) is 10.8. The summed E-state index contributed by atoms with van der Waals surface area (Å²) in [5.41, 5.74) is 0.453. The van der Waals surface area contributed by atoms with Gasteiger partial charge in [0.25, 0.3) is 10.0 Å². The number of thioether (sulfide) groups is 1. The van der Waals surface area contributed by atoms with Gasteiger partial charge in [-0.2, -0.15) is 0 Å². The van der Waals surface area contributed by atoms with Gasteiger partial charge in [0.2, 0.25) is 11.8 Å². The third kappa shape index (κ3) is 4.35. The molecule has 6 atom stereocenters. The molecule has 3 aliphatic heterocycles. The molecule has 7 N–H and O–H groups in total. The number of aliphatic hydroxyl groups excluding tert-OH is 1. The summed E-state index contributed by atoms with van der Waals surface area (Å²) >= 11 is 1.36. The van der Waals surface area contributed by atoms with Crippen molar-refractivity contribution >= 4 is 39.6 Å². The highest BCUT2D eigenvalue weighted by molar-refractivity contribution is 8.03. The molecule has 12 nitrogen and oxygen atoms in total. The fraction of sp³-hybridized carbons (Fsp3) is 0.550. The van der Waals surface area contributed by atoms with Crippen molar-refractivity contribution in [1.82, 2.24) is 20.5 Å². The average molecular weight is 514 g/mol. The minimum absolute atomic E-state index is 0.0327. The van der Waals surface area contributed by atoms with Gasteiger partial charge in [-0.25, -0.2) is 18.4 Å². The van der Waals surface area contributed by atoms with Crippen LogP contribution in [0, 0.1) is 11.8 Å². The molecule has 0 aliphatic carbocycles. The molecule has 14 heteroatoms. The Balaban J connectivity index is 1.37. The maximum atomic E-state index is 12.6. The van der Waals surface area contributed by atoms with Gasteiger partial charge in [-0.3, -0.25) is 9.59 Å². The Bertz CT molecular complexity index is 1160. The van der Waals surface area contributed by atoms with Gasteiger partial charge < -0.3 is 30.7 Å². The lowest BCUT2D eigenvalue weighted by atomic mass is 9.79. The van der Waals surface area contributed by atoms with Gasteiger partial charge in [-0.05, 0) is 25.5 Å². The number of carbonyl (C=O) groups excluding carboxylic acids is 2. The smallest absolute Gasteiger partial charge is 0.353 e. The summed E-state index contributed by atoms with van der Waals surface area (Å²) in [7, 11) is -3.85. The number of β-lactam (4-membered cyclic amide) rings is 1. The number of nitrogens with two attached hydrogens (primary N) is 1. The number of carboxylic acid groups (broad SMARTS) is 1. The van der Waals surface area contributed by atoms with Crippen molar-refractivity contribution < 1.29 is 33.0 Å². The summed E-state index contributed by atoms with van der Waals surface area (Å²) in [5, 5.41) is 30.4. The van der Waals surface area contributed by atoms with Crippen molar-refractivity contribution in [2.75, 3.05) is 6.54 Å². The summed E-state index contributed by atoms with van der Waals surface area (Å²) in [6, 6.07) is 1.97. The van der Waals surface area contributed by atoms with Gasteiger partial charge in [0, 0.05) is 28.3 Å². The Hall–Kier alpha value is -2.39. The van der Waals surface area contributed by atoms with Gasteiger partial charge in [0.15, 0.2) is 0 Å². The van der Waals surface area contributed by atoms with E-state index in [9.17, 15) is 33.0 Å². The minimum Gasteiger partial charge on any atom is -0.477 e. The highest BCUT2D eigenvalue weighted by Crippen LogP contribution is 2.51. The Morgan fingerprint density at radius 1 is 1.38 bits per heavy atom. The van der Waals surface area contributed by atoms with Crippen molar-refractivity contribution in [2.45, 2.75) is 55.3 Å². The quantitative estimate of drug-likeness (QED) is 0.234. The molecule has 4 heterocycles. The number of carbonyl (C=O) groups is 3. The Kier molecular flexibility index (Phi) is 6.54. The Morgan fingerprint density at radius 3 is 2.68 bits per heavy atom. The lowest BCUT2D eigenvalue weighted by molar-refractivity contribution is -0.163. The number of nitrogens with one attached hydrogen (secondary N) is 3. The molecule has 0 bridgehead atoms. The predicted molar refractivity (Wildman–Crippen MR) is 121 cm³/mol. The van der Waals surface area contributed by atoms with E-state index in [0.717, 1.165) is 0 Å². The number of H-pyrrole nitrogens is 1. The fourth-order valence-electron chi connectivity index (χ4n) is 4.84. The molecule has 2 saturated heterocycles. The summed E-state index contributed by atoms with van der Waals surface area (Å²) < 4.78 is 22.7. The molecular formula is C20H27N5O7S2. The number of carboxylic acids is 1. The number of aromatic amines is 1. The van der Waals surface area contributed by atoms with Crippen LogP contribution in [0.1, 0.15) is 26.0 Å². The van der Waals surface area contributed by atoms with Crippen LogP contribution in [0.3, 0.4) is 0 Å². The second kappa shape index (κ2) is 9.00. The lowest BCUT2D eigenvalue weighted by Gasteiger charge is -2.46. The number of amides is 2. The fourth-order valence-corrected chi connectivity index (χ4v) is 6.85. The minimum atomic E-state index is -3.85. The molecule has 34 heavy (non-hydrogen) atoms. The molecule has 2 fully saturated rings. The van der Waals surface area contributed by atoms with E-state index in [2.05, 4.69) is 15.6 Å². The molecule has 186 valence electrons. The Labute approximate surface area is 200 Å². The van der Waals surface area contributed by atoms with E-state index >= 15 is 0 Å². The third-order valence-corrected chi connectivity index (χ3v) is 8.85. The molecule has 0 spiro atoms. The van der Waals surface area contributed by atoms with Crippen molar-refractivity contribution in [2.24, 2.45) is 17.0 Å². The SMILES string of the molecule is C[C@@H](O)[C@H]1C(=O)N2C(C(=O)O)=C(S[C@@H]3CN[C@H](C(=O)NCc4ccc(S(N)(=O)=O)[nH]4)C3)[C@H](C)[C@H]12. The molecule has 0 aromatic carbocycles. The van der Waals surface area contributed by atoms with Crippen LogP contribution >= 0.6 is 11.8 Å². The lowest BCUT2D eigenvalue weighted by Crippen LogP contribution is -2.63. The molecule has 0 saturated carbocycles. The first-order chi connectivity index (χ1) is 15.9. The van der Waals surface area contributed by atoms with E-state index in [-0.39, 0.29) is 46.3 Å². The monoisotopic (exact) mass is 513 g/mol. The number of aliphatic carboxylic acids is 1. The number of aromatic nitrogens is 1. The summed E-state index contributed by atoms with van der Waals surface area (Å²) in [4.78, 5) is 41.5.